The predicted octanol–water partition coefficient (Wildman–Crippen LogP) is 4.99. The summed E-state index contributed by atoms with van der Waals surface area (Å²) in [6.45, 7) is 2.23. The van der Waals surface area contributed by atoms with Gasteiger partial charge in [-0.3, -0.25) is 9.69 Å². The standard InChI is InChI=1S/C20H23F3INO2/c1-12-3-5-13(6-4-12)15-11-14-7-8-16(18(15)19(26)27-2)25(14)10-9-17(24)20(21,22)23/h3-6,9,14-16,18H,7-8,10-11H2,1-2H3/b17-9-/t14-,15?,16+,18?/m0/s1. The first-order valence-corrected chi connectivity index (χ1v) is 10.1. The predicted molar refractivity (Wildman–Crippen MR) is 106 cm³/mol. The van der Waals surface area contributed by atoms with Gasteiger partial charge in [-0.05, 0) is 54.3 Å². The lowest BCUT2D eigenvalue weighted by Crippen LogP contribution is -2.51. The minimum atomic E-state index is -4.32. The molecule has 1 aromatic rings. The molecule has 2 aliphatic rings. The average Bonchev–Trinajstić information content (AvgIpc) is 2.90. The number of ether oxygens (including phenoxy) is 1. The van der Waals surface area contributed by atoms with E-state index in [0.717, 1.165) is 30.4 Å². The molecule has 0 spiro atoms. The molecule has 3 rings (SSSR count). The van der Waals surface area contributed by atoms with Gasteiger partial charge in [-0.1, -0.05) is 35.9 Å². The van der Waals surface area contributed by atoms with Crippen molar-refractivity contribution in [3.63, 3.8) is 0 Å². The number of carbonyl (C=O) groups is 1. The molecule has 0 amide bonds. The maximum Gasteiger partial charge on any atom is 0.421 e. The molecular weight excluding hydrogens is 470 g/mol. The topological polar surface area (TPSA) is 29.5 Å². The highest BCUT2D eigenvalue weighted by Gasteiger charge is 2.50. The van der Waals surface area contributed by atoms with Crippen LogP contribution in [0.1, 0.15) is 36.3 Å². The van der Waals surface area contributed by atoms with Crippen molar-refractivity contribution in [3.05, 3.63) is 45.0 Å². The van der Waals surface area contributed by atoms with E-state index in [4.69, 9.17) is 4.74 Å². The molecule has 1 aromatic carbocycles. The molecule has 2 fully saturated rings. The molecule has 4 atom stereocenters. The number of halogens is 4. The van der Waals surface area contributed by atoms with Crippen molar-refractivity contribution in [1.82, 2.24) is 4.90 Å². The number of alkyl halides is 3. The summed E-state index contributed by atoms with van der Waals surface area (Å²) < 4.78 is 42.9. The van der Waals surface area contributed by atoms with Crippen molar-refractivity contribution >= 4 is 28.6 Å². The molecule has 3 nitrogen and oxygen atoms in total. The summed E-state index contributed by atoms with van der Waals surface area (Å²) in [5.41, 5.74) is 2.26. The van der Waals surface area contributed by atoms with Crippen LogP contribution in [0, 0.1) is 12.8 Å². The van der Waals surface area contributed by atoms with Gasteiger partial charge >= 0.3 is 12.1 Å². The van der Waals surface area contributed by atoms with Crippen LogP contribution in [0.25, 0.3) is 0 Å². The van der Waals surface area contributed by atoms with Crippen LogP contribution in [-0.2, 0) is 9.53 Å². The first kappa shape index (κ1) is 20.6. The lowest BCUT2D eigenvalue weighted by molar-refractivity contribution is -0.150. The summed E-state index contributed by atoms with van der Waals surface area (Å²) in [6.07, 6.45) is -0.621. The van der Waals surface area contributed by atoms with E-state index >= 15 is 0 Å². The number of allylic oxidation sites excluding steroid dienone is 1. The Morgan fingerprint density at radius 1 is 1.30 bits per heavy atom. The maximum atomic E-state index is 12.8. The largest absolute Gasteiger partial charge is 0.469 e. The molecule has 0 saturated carbocycles. The van der Waals surface area contributed by atoms with Crippen LogP contribution in [-0.4, -0.2) is 42.8 Å². The van der Waals surface area contributed by atoms with Gasteiger partial charge in [0, 0.05) is 24.5 Å². The Morgan fingerprint density at radius 3 is 2.56 bits per heavy atom. The number of carbonyl (C=O) groups excluding carboxylic acids is 1. The van der Waals surface area contributed by atoms with Crippen molar-refractivity contribution in [2.24, 2.45) is 5.92 Å². The Morgan fingerprint density at radius 2 is 1.96 bits per heavy atom. The number of nitrogens with zero attached hydrogens (tertiary/aromatic N) is 1. The summed E-state index contributed by atoms with van der Waals surface area (Å²) in [5.74, 6) is -0.587. The number of rotatable bonds is 4. The van der Waals surface area contributed by atoms with Gasteiger partial charge in [0.2, 0.25) is 0 Å². The number of esters is 1. The Bertz CT molecular complexity index is 717. The minimum absolute atomic E-state index is 0.0393. The average molecular weight is 493 g/mol. The van der Waals surface area contributed by atoms with E-state index in [1.165, 1.54) is 35.8 Å². The first-order chi connectivity index (χ1) is 12.7. The molecule has 2 heterocycles. The van der Waals surface area contributed by atoms with E-state index in [1.54, 1.807) is 0 Å². The van der Waals surface area contributed by atoms with Gasteiger partial charge in [0.25, 0.3) is 0 Å². The summed E-state index contributed by atoms with van der Waals surface area (Å²) >= 11 is 1.34. The quantitative estimate of drug-likeness (QED) is 0.438. The normalized spacial score (nSPS) is 29.0. The molecule has 7 heteroatoms. The van der Waals surface area contributed by atoms with Crippen molar-refractivity contribution in [1.29, 1.82) is 0 Å². The van der Waals surface area contributed by atoms with Crippen molar-refractivity contribution in [3.8, 4) is 0 Å². The van der Waals surface area contributed by atoms with Gasteiger partial charge in [-0.2, -0.15) is 13.2 Å². The molecule has 2 unspecified atom stereocenters. The van der Waals surface area contributed by atoms with Gasteiger partial charge in [-0.25, -0.2) is 0 Å². The fourth-order valence-corrected chi connectivity index (χ4v) is 4.71. The van der Waals surface area contributed by atoms with Gasteiger partial charge in [0.05, 0.1) is 16.6 Å². The smallest absolute Gasteiger partial charge is 0.421 e. The van der Waals surface area contributed by atoms with Gasteiger partial charge < -0.3 is 4.74 Å². The second-order valence-electron chi connectivity index (χ2n) is 7.35. The zero-order valence-electron chi connectivity index (χ0n) is 15.3. The number of fused-ring (bicyclic) bond motifs is 2. The molecule has 148 valence electrons. The maximum absolute atomic E-state index is 12.8. The van der Waals surface area contributed by atoms with E-state index in [-0.39, 0.29) is 36.4 Å². The van der Waals surface area contributed by atoms with E-state index in [0.29, 0.717) is 0 Å². The summed E-state index contributed by atoms with van der Waals surface area (Å²) in [6, 6.07) is 8.28. The van der Waals surface area contributed by atoms with Crippen LogP contribution in [0.15, 0.2) is 33.9 Å². The van der Waals surface area contributed by atoms with Crippen LogP contribution in [0.2, 0.25) is 0 Å². The Kier molecular flexibility index (Phi) is 6.20. The van der Waals surface area contributed by atoms with Crippen molar-refractivity contribution < 1.29 is 22.7 Å². The summed E-state index contributed by atoms with van der Waals surface area (Å²) in [5, 5.41) is 0. The fourth-order valence-electron chi connectivity index (χ4n) is 4.51. The summed E-state index contributed by atoms with van der Waals surface area (Å²) in [4.78, 5) is 14.7. The molecule has 2 saturated heterocycles. The number of aryl methyl sites for hydroxylation is 1. The van der Waals surface area contributed by atoms with Crippen LogP contribution in [0.4, 0.5) is 13.2 Å². The van der Waals surface area contributed by atoms with Crippen LogP contribution in [0.5, 0.6) is 0 Å². The van der Waals surface area contributed by atoms with E-state index < -0.39 is 9.76 Å². The number of methoxy groups -OCH3 is 1. The summed E-state index contributed by atoms with van der Waals surface area (Å²) in [7, 11) is 1.38. The zero-order chi connectivity index (χ0) is 19.8. The zero-order valence-corrected chi connectivity index (χ0v) is 17.5. The Labute approximate surface area is 171 Å². The van der Waals surface area contributed by atoms with Crippen LogP contribution >= 0.6 is 22.6 Å². The SMILES string of the molecule is COC(=O)C1C(c2ccc(C)cc2)C[C@@H]2CC[C@H]1N2C/C=C(\I)C(F)(F)F. The molecule has 0 aromatic heterocycles. The highest BCUT2D eigenvalue weighted by molar-refractivity contribution is 14.1. The third-order valence-corrected chi connectivity index (χ3v) is 6.85. The highest BCUT2D eigenvalue weighted by atomic mass is 127. The number of hydrogen-bond donors (Lipinski definition) is 0. The van der Waals surface area contributed by atoms with E-state index in [9.17, 15) is 18.0 Å². The molecule has 2 bridgehead atoms. The molecule has 0 aliphatic carbocycles. The number of benzene rings is 1. The van der Waals surface area contributed by atoms with Gasteiger partial charge in [0.1, 0.15) is 0 Å². The van der Waals surface area contributed by atoms with Crippen molar-refractivity contribution in [2.75, 3.05) is 13.7 Å². The fraction of sp³-hybridized carbons (Fsp3) is 0.550. The monoisotopic (exact) mass is 493 g/mol. The van der Waals surface area contributed by atoms with Gasteiger partial charge in [-0.15, -0.1) is 0 Å². The molecule has 2 aliphatic heterocycles. The van der Waals surface area contributed by atoms with Crippen LogP contribution in [0.3, 0.4) is 0 Å². The molecule has 0 N–H and O–H groups in total. The number of hydrogen-bond acceptors (Lipinski definition) is 3. The van der Waals surface area contributed by atoms with E-state index in [2.05, 4.69) is 17.0 Å². The molecular formula is C20H23F3INO2. The van der Waals surface area contributed by atoms with E-state index in [1.807, 2.05) is 19.1 Å². The third-order valence-electron chi connectivity index (χ3n) is 5.80. The molecule has 0 radical (unpaired) electrons. The third kappa shape index (κ3) is 4.34. The lowest BCUT2D eigenvalue weighted by Gasteiger charge is -2.43. The Hall–Kier alpha value is -1.09. The second kappa shape index (κ2) is 8.11. The highest BCUT2D eigenvalue weighted by Crippen LogP contribution is 2.47. The minimum Gasteiger partial charge on any atom is -0.469 e. The number of piperidine rings is 1. The first-order valence-electron chi connectivity index (χ1n) is 9.05. The lowest BCUT2D eigenvalue weighted by atomic mass is 9.76. The Balaban J connectivity index is 1.87. The van der Waals surface area contributed by atoms with Gasteiger partial charge in [0.15, 0.2) is 0 Å². The molecule has 27 heavy (non-hydrogen) atoms. The second-order valence-corrected chi connectivity index (χ2v) is 8.51. The van der Waals surface area contributed by atoms with Crippen LogP contribution < -0.4 is 0 Å². The van der Waals surface area contributed by atoms with Crippen molar-refractivity contribution in [2.45, 2.75) is 50.4 Å².